The Kier molecular flexibility index (Phi) is 3.79. The molecule has 0 saturated carbocycles. The van der Waals surface area contributed by atoms with Crippen molar-refractivity contribution in [3.8, 4) is 0 Å². The van der Waals surface area contributed by atoms with Gasteiger partial charge in [0.25, 0.3) is 0 Å². The van der Waals surface area contributed by atoms with Crippen molar-refractivity contribution in [2.75, 3.05) is 0 Å². The van der Waals surface area contributed by atoms with E-state index in [9.17, 15) is 12.8 Å². The zero-order chi connectivity index (χ0) is 13.2. The van der Waals surface area contributed by atoms with Crippen molar-refractivity contribution in [3.05, 3.63) is 46.7 Å². The Labute approximate surface area is 112 Å². The third kappa shape index (κ3) is 2.95. The number of hydrogen-bond donors (Lipinski definition) is 2. The molecule has 0 fully saturated rings. The average molecular weight is 334 g/mol. The molecule has 0 aliphatic rings. The number of nitrogens with zero attached hydrogens (tertiary/aromatic N) is 1. The van der Waals surface area contributed by atoms with Crippen molar-refractivity contribution < 1.29 is 12.8 Å². The van der Waals surface area contributed by atoms with Gasteiger partial charge in [0, 0.05) is 16.4 Å². The molecule has 0 saturated heterocycles. The molecular weight excluding hydrogens is 325 g/mol. The van der Waals surface area contributed by atoms with Gasteiger partial charge in [0.1, 0.15) is 5.82 Å². The lowest BCUT2D eigenvalue weighted by Gasteiger charge is -2.07. The van der Waals surface area contributed by atoms with Crippen LogP contribution in [0.3, 0.4) is 0 Å². The molecule has 0 spiro atoms. The second-order valence-electron chi connectivity index (χ2n) is 3.48. The number of aromatic amines is 1. The molecule has 8 heteroatoms. The number of halogens is 2. The average Bonchev–Trinajstić information content (AvgIpc) is 2.78. The third-order valence-electron chi connectivity index (χ3n) is 2.19. The Hall–Kier alpha value is -1.25. The molecule has 2 aromatic rings. The summed E-state index contributed by atoms with van der Waals surface area (Å²) in [4.78, 5) is 6.54. The first-order valence-corrected chi connectivity index (χ1v) is 7.18. The summed E-state index contributed by atoms with van der Waals surface area (Å²) in [5.74, 6) is -0.505. The van der Waals surface area contributed by atoms with Crippen molar-refractivity contribution >= 4 is 26.0 Å². The Morgan fingerprint density at radius 3 is 2.83 bits per heavy atom. The van der Waals surface area contributed by atoms with Crippen LogP contribution in [0.2, 0.25) is 0 Å². The lowest BCUT2D eigenvalue weighted by molar-refractivity contribution is 0.579. The van der Waals surface area contributed by atoms with Crippen LogP contribution in [-0.2, 0) is 16.6 Å². The Bertz CT molecular complexity index is 643. The van der Waals surface area contributed by atoms with Crippen molar-refractivity contribution in [1.29, 1.82) is 0 Å². The zero-order valence-corrected chi connectivity index (χ0v) is 11.4. The monoisotopic (exact) mass is 333 g/mol. The van der Waals surface area contributed by atoms with Crippen molar-refractivity contribution in [3.63, 3.8) is 0 Å². The van der Waals surface area contributed by atoms with Gasteiger partial charge in [-0.1, -0.05) is 0 Å². The minimum atomic E-state index is -3.70. The predicted molar refractivity (Wildman–Crippen MR) is 66.7 cm³/mol. The third-order valence-corrected chi connectivity index (χ3v) is 4.57. The molecule has 18 heavy (non-hydrogen) atoms. The molecule has 0 unspecified atom stereocenters. The van der Waals surface area contributed by atoms with Gasteiger partial charge in [-0.15, -0.1) is 0 Å². The van der Waals surface area contributed by atoms with Crippen LogP contribution in [0, 0.1) is 5.82 Å². The second kappa shape index (κ2) is 5.17. The smallest absolute Gasteiger partial charge is 0.242 e. The highest BCUT2D eigenvalue weighted by atomic mass is 79.9. The lowest BCUT2D eigenvalue weighted by Crippen LogP contribution is -2.23. The van der Waals surface area contributed by atoms with Crippen LogP contribution < -0.4 is 4.72 Å². The molecule has 0 bridgehead atoms. The topological polar surface area (TPSA) is 74.8 Å². The molecule has 0 aliphatic carbocycles. The summed E-state index contributed by atoms with van der Waals surface area (Å²) in [5, 5.41) is 0. The van der Waals surface area contributed by atoms with Crippen molar-refractivity contribution in [2.45, 2.75) is 11.4 Å². The number of nitrogens with one attached hydrogen (secondary N) is 2. The number of aromatic nitrogens is 2. The minimum Gasteiger partial charge on any atom is -0.347 e. The molecule has 2 rings (SSSR count). The predicted octanol–water partition coefficient (Wildman–Crippen LogP) is 1.79. The van der Waals surface area contributed by atoms with Crippen LogP contribution in [0.4, 0.5) is 4.39 Å². The van der Waals surface area contributed by atoms with Gasteiger partial charge >= 0.3 is 0 Å². The van der Waals surface area contributed by atoms with E-state index in [1.807, 2.05) is 0 Å². The first kappa shape index (κ1) is 13.2. The maximum absolute atomic E-state index is 12.9. The molecule has 0 radical (unpaired) electrons. The van der Waals surface area contributed by atoms with Crippen LogP contribution >= 0.6 is 15.9 Å². The summed E-state index contributed by atoms with van der Waals surface area (Å²) in [5.41, 5.74) is 0.636. The summed E-state index contributed by atoms with van der Waals surface area (Å²) in [6, 6.07) is 3.40. The Balaban J connectivity index is 2.20. The molecule has 1 heterocycles. The standard InChI is InChI=1S/C10H9BrFN3O2S/c11-9-3-7(12)1-2-10(9)18(16,17)15-5-8-4-13-6-14-8/h1-4,6,15H,5H2,(H,13,14). The highest BCUT2D eigenvalue weighted by Gasteiger charge is 2.17. The molecule has 0 amide bonds. The van der Waals surface area contributed by atoms with Gasteiger partial charge in [-0.05, 0) is 34.1 Å². The van der Waals surface area contributed by atoms with Crippen LogP contribution in [-0.4, -0.2) is 18.4 Å². The number of hydrogen-bond acceptors (Lipinski definition) is 3. The first-order chi connectivity index (χ1) is 8.49. The normalized spacial score (nSPS) is 11.7. The van der Waals surface area contributed by atoms with Crippen LogP contribution in [0.5, 0.6) is 0 Å². The molecule has 2 N–H and O–H groups in total. The zero-order valence-electron chi connectivity index (χ0n) is 9.02. The van der Waals surface area contributed by atoms with Crippen molar-refractivity contribution in [2.24, 2.45) is 0 Å². The highest BCUT2D eigenvalue weighted by Crippen LogP contribution is 2.22. The number of rotatable bonds is 4. The van der Waals surface area contributed by atoms with Crippen LogP contribution in [0.1, 0.15) is 5.69 Å². The maximum Gasteiger partial charge on any atom is 0.242 e. The number of sulfonamides is 1. The Morgan fingerprint density at radius 2 is 2.22 bits per heavy atom. The van der Waals surface area contributed by atoms with Gasteiger partial charge in [0.05, 0.1) is 17.8 Å². The fourth-order valence-corrected chi connectivity index (χ4v) is 3.38. The van der Waals surface area contributed by atoms with Gasteiger partial charge < -0.3 is 4.98 Å². The second-order valence-corrected chi connectivity index (χ2v) is 6.07. The van der Waals surface area contributed by atoms with E-state index in [-0.39, 0.29) is 15.9 Å². The van der Waals surface area contributed by atoms with E-state index in [1.165, 1.54) is 18.6 Å². The quantitative estimate of drug-likeness (QED) is 0.895. The van der Waals surface area contributed by atoms with E-state index >= 15 is 0 Å². The molecule has 1 aromatic heterocycles. The van der Waals surface area contributed by atoms with Crippen LogP contribution in [0.25, 0.3) is 0 Å². The highest BCUT2D eigenvalue weighted by molar-refractivity contribution is 9.10. The largest absolute Gasteiger partial charge is 0.347 e. The van der Waals surface area contributed by atoms with E-state index in [2.05, 4.69) is 30.6 Å². The molecular formula is C10H9BrFN3O2S. The minimum absolute atomic E-state index is 0.0107. The summed E-state index contributed by atoms with van der Waals surface area (Å²) in [7, 11) is -3.70. The van der Waals surface area contributed by atoms with E-state index in [4.69, 9.17) is 0 Å². The number of H-pyrrole nitrogens is 1. The van der Waals surface area contributed by atoms with Gasteiger partial charge in [-0.25, -0.2) is 22.5 Å². The fraction of sp³-hybridized carbons (Fsp3) is 0.100. The van der Waals surface area contributed by atoms with Gasteiger partial charge in [-0.2, -0.15) is 0 Å². The molecule has 1 aromatic carbocycles. The molecule has 0 atom stereocenters. The molecule has 5 nitrogen and oxygen atoms in total. The SMILES string of the molecule is O=S(=O)(NCc1cnc[nH]1)c1ccc(F)cc1Br. The summed E-state index contributed by atoms with van der Waals surface area (Å²) in [6.07, 6.45) is 2.97. The maximum atomic E-state index is 12.9. The fourth-order valence-electron chi connectivity index (χ4n) is 1.33. The van der Waals surface area contributed by atoms with Crippen molar-refractivity contribution in [1.82, 2.24) is 14.7 Å². The number of benzene rings is 1. The summed E-state index contributed by atoms with van der Waals surface area (Å²) in [6.45, 7) is 0.0894. The lowest BCUT2D eigenvalue weighted by atomic mass is 10.3. The number of imidazole rings is 1. The molecule has 0 aliphatic heterocycles. The van der Waals surface area contributed by atoms with Gasteiger partial charge in [0.15, 0.2) is 0 Å². The van der Waals surface area contributed by atoms with Gasteiger partial charge in [0.2, 0.25) is 10.0 Å². The Morgan fingerprint density at radius 1 is 1.44 bits per heavy atom. The van der Waals surface area contributed by atoms with E-state index in [1.54, 1.807) is 0 Å². The summed E-state index contributed by atoms with van der Waals surface area (Å²) < 4.78 is 39.4. The van der Waals surface area contributed by atoms with E-state index in [0.717, 1.165) is 12.1 Å². The van der Waals surface area contributed by atoms with E-state index < -0.39 is 15.8 Å². The molecule has 96 valence electrons. The summed E-state index contributed by atoms with van der Waals surface area (Å²) >= 11 is 3.02. The van der Waals surface area contributed by atoms with E-state index in [0.29, 0.717) is 5.69 Å². The van der Waals surface area contributed by atoms with Gasteiger partial charge in [-0.3, -0.25) is 0 Å². The first-order valence-electron chi connectivity index (χ1n) is 4.91. The van der Waals surface area contributed by atoms with Crippen LogP contribution in [0.15, 0.2) is 40.1 Å².